The molecule has 0 atom stereocenters. The van der Waals surface area contributed by atoms with Crippen molar-refractivity contribution >= 4 is 11.6 Å². The number of hydrogen-bond donors (Lipinski definition) is 2. The first kappa shape index (κ1) is 16.2. The number of aromatic nitrogens is 2. The van der Waals surface area contributed by atoms with E-state index in [1.54, 1.807) is 0 Å². The van der Waals surface area contributed by atoms with Crippen molar-refractivity contribution in [1.29, 1.82) is 0 Å². The van der Waals surface area contributed by atoms with Gasteiger partial charge in [-0.25, -0.2) is 9.97 Å². The van der Waals surface area contributed by atoms with Crippen LogP contribution in [0.15, 0.2) is 36.4 Å². The van der Waals surface area contributed by atoms with Gasteiger partial charge in [0.05, 0.1) is 0 Å². The van der Waals surface area contributed by atoms with Gasteiger partial charge in [0.1, 0.15) is 11.6 Å². The molecule has 0 radical (unpaired) electrons. The number of hydrogen-bond acceptors (Lipinski definition) is 5. The summed E-state index contributed by atoms with van der Waals surface area (Å²) in [5.41, 5.74) is 1.03. The van der Waals surface area contributed by atoms with E-state index in [1.165, 1.54) is 0 Å². The summed E-state index contributed by atoms with van der Waals surface area (Å²) in [5.74, 6) is 2.46. The van der Waals surface area contributed by atoms with Crippen LogP contribution >= 0.6 is 0 Å². The maximum absolute atomic E-state index is 4.63. The van der Waals surface area contributed by atoms with Crippen LogP contribution in [0.25, 0.3) is 11.4 Å². The number of anilines is 2. The lowest BCUT2D eigenvalue weighted by Crippen LogP contribution is -2.21. The number of benzene rings is 1. The quantitative estimate of drug-likeness (QED) is 0.785. The third kappa shape index (κ3) is 5.00. The molecular weight excluding hydrogens is 274 g/mol. The third-order valence-corrected chi connectivity index (χ3v) is 3.18. The van der Waals surface area contributed by atoms with E-state index in [9.17, 15) is 0 Å². The molecule has 0 saturated heterocycles. The van der Waals surface area contributed by atoms with Gasteiger partial charge in [0.25, 0.3) is 0 Å². The van der Waals surface area contributed by atoms with E-state index >= 15 is 0 Å². The molecule has 0 fully saturated rings. The zero-order chi connectivity index (χ0) is 15.8. The predicted molar refractivity (Wildman–Crippen MR) is 93.3 cm³/mol. The molecular formula is C17H25N5. The van der Waals surface area contributed by atoms with Crippen LogP contribution in [0.5, 0.6) is 0 Å². The first-order chi connectivity index (χ1) is 10.7. The summed E-state index contributed by atoms with van der Waals surface area (Å²) in [6, 6.07) is 12.0. The van der Waals surface area contributed by atoms with Gasteiger partial charge in [-0.3, -0.25) is 0 Å². The maximum Gasteiger partial charge on any atom is 0.163 e. The van der Waals surface area contributed by atoms with Gasteiger partial charge in [0.15, 0.2) is 5.82 Å². The maximum atomic E-state index is 4.63. The van der Waals surface area contributed by atoms with Crippen LogP contribution in [-0.4, -0.2) is 48.6 Å². The SMILES string of the molecule is CCCNc1cc(NCCN(C)C)nc(-c2ccccc2)n1. The Morgan fingerprint density at radius 3 is 2.18 bits per heavy atom. The summed E-state index contributed by atoms with van der Waals surface area (Å²) in [4.78, 5) is 11.4. The Labute approximate surface area is 132 Å². The van der Waals surface area contributed by atoms with Crippen LogP contribution in [0.2, 0.25) is 0 Å². The van der Waals surface area contributed by atoms with Crippen molar-refractivity contribution in [3.05, 3.63) is 36.4 Å². The molecule has 1 heterocycles. The largest absolute Gasteiger partial charge is 0.370 e. The Balaban J connectivity index is 2.20. The standard InChI is InChI=1S/C17H25N5/c1-4-10-18-15-13-16(19-11-12-22(2)3)21-17(20-15)14-8-6-5-7-9-14/h5-9,13H,4,10-12H2,1-3H3,(H2,18,19,20,21). The van der Waals surface area contributed by atoms with Crippen molar-refractivity contribution in [3.8, 4) is 11.4 Å². The average molecular weight is 299 g/mol. The van der Waals surface area contributed by atoms with Gasteiger partial charge in [-0.2, -0.15) is 0 Å². The lowest BCUT2D eigenvalue weighted by molar-refractivity contribution is 0.425. The molecule has 0 amide bonds. The van der Waals surface area contributed by atoms with E-state index in [0.717, 1.165) is 49.1 Å². The summed E-state index contributed by atoms with van der Waals surface area (Å²) in [7, 11) is 4.12. The number of rotatable bonds is 8. The van der Waals surface area contributed by atoms with E-state index in [1.807, 2.05) is 36.4 Å². The topological polar surface area (TPSA) is 53.1 Å². The van der Waals surface area contributed by atoms with Crippen LogP contribution in [0.4, 0.5) is 11.6 Å². The Bertz CT molecular complexity index is 569. The van der Waals surface area contributed by atoms with Gasteiger partial charge in [-0.05, 0) is 20.5 Å². The molecule has 0 aliphatic heterocycles. The number of likely N-dealkylation sites (N-methyl/N-ethyl adjacent to an activating group) is 1. The minimum Gasteiger partial charge on any atom is -0.370 e. The Kier molecular flexibility index (Phi) is 6.15. The van der Waals surface area contributed by atoms with Crippen LogP contribution in [0, 0.1) is 0 Å². The van der Waals surface area contributed by atoms with Gasteiger partial charge in [0, 0.05) is 31.3 Å². The molecule has 1 aromatic heterocycles. The molecule has 0 bridgehead atoms. The minimum absolute atomic E-state index is 0.744. The van der Waals surface area contributed by atoms with Gasteiger partial charge >= 0.3 is 0 Å². The van der Waals surface area contributed by atoms with Gasteiger partial charge in [-0.1, -0.05) is 37.3 Å². The molecule has 2 aromatic rings. The summed E-state index contributed by atoms with van der Waals surface area (Å²) >= 11 is 0. The normalized spacial score (nSPS) is 10.7. The van der Waals surface area contributed by atoms with E-state index in [4.69, 9.17) is 0 Å². The molecule has 0 saturated carbocycles. The summed E-state index contributed by atoms with van der Waals surface area (Å²) in [6.45, 7) is 4.86. The van der Waals surface area contributed by atoms with Crippen molar-refractivity contribution in [1.82, 2.24) is 14.9 Å². The second-order valence-corrected chi connectivity index (χ2v) is 5.48. The van der Waals surface area contributed by atoms with E-state index in [0.29, 0.717) is 0 Å². The zero-order valence-corrected chi connectivity index (χ0v) is 13.6. The second-order valence-electron chi connectivity index (χ2n) is 5.48. The smallest absolute Gasteiger partial charge is 0.163 e. The van der Waals surface area contributed by atoms with E-state index in [-0.39, 0.29) is 0 Å². The Hall–Kier alpha value is -2.14. The van der Waals surface area contributed by atoms with Crippen molar-refractivity contribution < 1.29 is 0 Å². The van der Waals surface area contributed by atoms with Gasteiger partial charge < -0.3 is 15.5 Å². The molecule has 118 valence electrons. The molecule has 0 aliphatic carbocycles. The molecule has 0 spiro atoms. The van der Waals surface area contributed by atoms with E-state index < -0.39 is 0 Å². The number of nitrogens with zero attached hydrogens (tertiary/aromatic N) is 3. The highest BCUT2D eigenvalue weighted by atomic mass is 15.1. The Morgan fingerprint density at radius 1 is 0.955 bits per heavy atom. The van der Waals surface area contributed by atoms with Crippen LogP contribution in [0.1, 0.15) is 13.3 Å². The van der Waals surface area contributed by atoms with Crippen molar-refractivity contribution in [2.75, 3.05) is 44.4 Å². The average Bonchev–Trinajstić information content (AvgIpc) is 2.53. The lowest BCUT2D eigenvalue weighted by atomic mass is 10.2. The lowest BCUT2D eigenvalue weighted by Gasteiger charge is -2.13. The predicted octanol–water partition coefficient (Wildman–Crippen LogP) is 2.94. The number of nitrogens with one attached hydrogen (secondary N) is 2. The highest BCUT2D eigenvalue weighted by molar-refractivity contribution is 5.61. The van der Waals surface area contributed by atoms with Crippen LogP contribution in [-0.2, 0) is 0 Å². The summed E-state index contributed by atoms with van der Waals surface area (Å²) in [5, 5.41) is 6.71. The van der Waals surface area contributed by atoms with Gasteiger partial charge in [-0.15, -0.1) is 0 Å². The molecule has 5 nitrogen and oxygen atoms in total. The summed E-state index contributed by atoms with van der Waals surface area (Å²) in [6.07, 6.45) is 1.06. The highest BCUT2D eigenvalue weighted by Crippen LogP contribution is 2.20. The molecule has 5 heteroatoms. The fourth-order valence-corrected chi connectivity index (χ4v) is 2.01. The van der Waals surface area contributed by atoms with Crippen LogP contribution in [0.3, 0.4) is 0 Å². The monoisotopic (exact) mass is 299 g/mol. The van der Waals surface area contributed by atoms with Crippen molar-refractivity contribution in [3.63, 3.8) is 0 Å². The molecule has 0 unspecified atom stereocenters. The summed E-state index contributed by atoms with van der Waals surface area (Å²) < 4.78 is 0. The third-order valence-electron chi connectivity index (χ3n) is 3.18. The minimum atomic E-state index is 0.744. The zero-order valence-electron chi connectivity index (χ0n) is 13.6. The molecule has 22 heavy (non-hydrogen) atoms. The van der Waals surface area contributed by atoms with Crippen molar-refractivity contribution in [2.24, 2.45) is 0 Å². The first-order valence-electron chi connectivity index (χ1n) is 7.76. The fourth-order valence-electron chi connectivity index (χ4n) is 2.01. The van der Waals surface area contributed by atoms with Crippen molar-refractivity contribution in [2.45, 2.75) is 13.3 Å². The highest BCUT2D eigenvalue weighted by Gasteiger charge is 2.06. The molecule has 2 rings (SSSR count). The molecule has 0 aliphatic rings. The fraction of sp³-hybridized carbons (Fsp3) is 0.412. The second kappa shape index (κ2) is 8.34. The molecule has 1 aromatic carbocycles. The first-order valence-corrected chi connectivity index (χ1v) is 7.76. The molecule has 2 N–H and O–H groups in total. The van der Waals surface area contributed by atoms with E-state index in [2.05, 4.69) is 46.5 Å². The Morgan fingerprint density at radius 2 is 1.59 bits per heavy atom. The van der Waals surface area contributed by atoms with Crippen LogP contribution < -0.4 is 10.6 Å². The van der Waals surface area contributed by atoms with Gasteiger partial charge in [0.2, 0.25) is 0 Å².